The summed E-state index contributed by atoms with van der Waals surface area (Å²) in [6.07, 6.45) is 0.268. The van der Waals surface area contributed by atoms with Gasteiger partial charge in [-0.3, -0.25) is 28.8 Å². The van der Waals surface area contributed by atoms with E-state index < -0.39 is 123 Å². The Labute approximate surface area is 552 Å². The van der Waals surface area contributed by atoms with Crippen molar-refractivity contribution in [3.63, 3.8) is 0 Å². The summed E-state index contributed by atoms with van der Waals surface area (Å²) >= 11 is 5.29. The number of methoxy groups -OCH3 is 2. The number of aliphatic carboxylic acids is 3. The number of aldehydes is 1. The molecule has 0 aliphatic carbocycles. The summed E-state index contributed by atoms with van der Waals surface area (Å²) in [6.45, 7) is 3.35. The molecule has 6 aromatic carbocycles. The molecule has 2 unspecified atom stereocenters. The molecule has 0 amide bonds. The molecule has 0 bridgehead atoms. The van der Waals surface area contributed by atoms with Crippen molar-refractivity contribution in [2.24, 2.45) is 25.8 Å². The average Bonchev–Trinajstić information content (AvgIpc) is 1.68. The van der Waals surface area contributed by atoms with Crippen molar-refractivity contribution < 1.29 is 131 Å². The summed E-state index contributed by atoms with van der Waals surface area (Å²) in [5.41, 5.74) is 1.60. The summed E-state index contributed by atoms with van der Waals surface area (Å²) < 4.78 is 163. The molecule has 98 heavy (non-hydrogen) atoms. The minimum Gasteiger partial charge on any atom is -0.481 e. The number of carbonyl (C=O) groups is 6. The van der Waals surface area contributed by atoms with E-state index in [2.05, 4.69) is 41.8 Å². The molecule has 522 valence electrons. The SMILES string of the molecule is C=CCC(=O)OC.COC(=O)CC1CC(c2ccc(F)cc2F)=NO1.O/N=C(\Cl)c1ccc(F)cc1F.O=C(O)CC1CC(c2ccc(F)cc2F)=NO1.O=C(O)C[C@@H]1CC(c2ccc(F)cc2F)=NO1.O=C(O)C[C@H]1CC(c2ccc(F)cc2F)=NO1.O=Cc1ccc(F)cc1F. The molecule has 4 atom stereocenters. The Morgan fingerprint density at radius 3 is 1.00 bits per heavy atom. The number of carboxylic acid groups (broad SMARTS) is 3. The Bertz CT molecular complexity index is 3780. The van der Waals surface area contributed by atoms with Gasteiger partial charge in [0.2, 0.25) is 0 Å². The second-order valence-electron chi connectivity index (χ2n) is 19.8. The maximum Gasteiger partial charge on any atom is 0.309 e. The minimum absolute atomic E-state index is 0.0479. The van der Waals surface area contributed by atoms with Gasteiger partial charge in [0.05, 0.1) is 80.3 Å². The first-order chi connectivity index (χ1) is 46.5. The molecule has 6 aromatic rings. The Hall–Kier alpha value is -11.1. The number of benzene rings is 6. The Kier molecular flexibility index (Phi) is 32.1. The first kappa shape index (κ1) is 79.3. The van der Waals surface area contributed by atoms with Crippen LogP contribution in [0.2, 0.25) is 0 Å². The maximum atomic E-state index is 13.5. The van der Waals surface area contributed by atoms with Gasteiger partial charge in [0.25, 0.3) is 0 Å². The van der Waals surface area contributed by atoms with E-state index in [1.807, 2.05) is 0 Å². The number of carboxylic acids is 3. The fourth-order valence-corrected chi connectivity index (χ4v) is 8.20. The number of hydrogen-bond donors (Lipinski definition) is 4. The smallest absolute Gasteiger partial charge is 0.309 e. The number of ether oxygens (including phenoxy) is 2. The molecule has 34 heteroatoms. The molecule has 21 nitrogen and oxygen atoms in total. The van der Waals surface area contributed by atoms with Gasteiger partial charge in [0.15, 0.2) is 11.5 Å². The Morgan fingerprint density at radius 1 is 0.469 bits per heavy atom. The summed E-state index contributed by atoms with van der Waals surface area (Å²) in [6, 6.07) is 18.2. The van der Waals surface area contributed by atoms with Crippen LogP contribution in [0, 0.1) is 69.8 Å². The van der Waals surface area contributed by atoms with E-state index >= 15 is 0 Å². The van der Waals surface area contributed by atoms with Crippen LogP contribution in [0.25, 0.3) is 0 Å². The Balaban J connectivity index is 0.000000247. The third kappa shape index (κ3) is 26.6. The number of nitrogens with zero attached hydrogens (tertiary/aromatic N) is 5. The maximum absolute atomic E-state index is 13.5. The summed E-state index contributed by atoms with van der Waals surface area (Å²) in [4.78, 5) is 82.1. The van der Waals surface area contributed by atoms with Crippen LogP contribution in [0.4, 0.5) is 52.7 Å². The molecule has 4 N–H and O–H groups in total. The lowest BCUT2D eigenvalue weighted by atomic mass is 10.0. The number of carbonyl (C=O) groups excluding carboxylic acids is 3. The molecule has 0 fully saturated rings. The zero-order chi connectivity index (χ0) is 72.8. The number of hydrogen-bond acceptors (Lipinski definition) is 18. The first-order valence-corrected chi connectivity index (χ1v) is 28.2. The summed E-state index contributed by atoms with van der Waals surface area (Å²) in [7, 11) is 2.63. The van der Waals surface area contributed by atoms with E-state index in [-0.39, 0.29) is 90.7 Å². The van der Waals surface area contributed by atoms with Gasteiger partial charge in [-0.15, -0.1) is 6.58 Å². The molecule has 0 spiro atoms. The molecular weight excluding hydrogens is 1360 g/mol. The highest BCUT2D eigenvalue weighted by molar-refractivity contribution is 6.69. The van der Waals surface area contributed by atoms with Gasteiger partial charge in [-0.05, 0) is 72.8 Å². The minimum atomic E-state index is -1.01. The molecule has 10 rings (SSSR count). The lowest BCUT2D eigenvalue weighted by molar-refractivity contribution is -0.143. The highest BCUT2D eigenvalue weighted by atomic mass is 35.5. The van der Waals surface area contributed by atoms with Crippen LogP contribution in [0.1, 0.15) is 96.0 Å². The number of esters is 2. The van der Waals surface area contributed by atoms with Gasteiger partial charge in [0.1, 0.15) is 94.2 Å². The van der Waals surface area contributed by atoms with Crippen molar-refractivity contribution in [2.45, 2.75) is 82.2 Å². The number of halogens is 13. The monoisotopic (exact) mass is 1410 g/mol. The fraction of sp³-hybridized carbons (Fsp3) is 0.234. The number of rotatable bonds is 16. The highest BCUT2D eigenvalue weighted by Crippen LogP contribution is 2.26. The fourth-order valence-electron chi connectivity index (χ4n) is 8.04. The molecular formula is C64H54ClF12N5O16. The third-order valence-corrected chi connectivity index (χ3v) is 12.9. The van der Waals surface area contributed by atoms with Crippen LogP contribution < -0.4 is 0 Å². The van der Waals surface area contributed by atoms with Crippen molar-refractivity contribution in [1.29, 1.82) is 0 Å². The second-order valence-corrected chi connectivity index (χ2v) is 20.2. The molecule has 0 radical (unpaired) electrons. The first-order valence-electron chi connectivity index (χ1n) is 27.8. The van der Waals surface area contributed by atoms with E-state index in [4.69, 9.17) is 51.5 Å². The van der Waals surface area contributed by atoms with E-state index in [0.717, 1.165) is 72.8 Å². The van der Waals surface area contributed by atoms with Crippen LogP contribution in [-0.4, -0.2) is 123 Å². The van der Waals surface area contributed by atoms with Crippen molar-refractivity contribution in [3.8, 4) is 0 Å². The zero-order valence-corrected chi connectivity index (χ0v) is 51.5. The standard InChI is InChI=1S/C12H11F2NO3.3C11H9F2NO3.C7H4ClF2NO.C7H4F2O.C5H8O2/c1-17-12(16)6-8-5-11(15-18-8)9-3-2-7(13)4-10(9)14;3*12-6-1-2-8(9(13)3-6)10-4-7(17-14-10)5-11(15)16;8-7(11-12)5-2-1-4(9)3-6(5)10;8-6-2-1-5(4-10)7(9)3-6;1-3-4-5(6)7-2/h2-4,8H,5-6H2,1H3;3*1-3,7H,4-5H2,(H,15,16);1-3,12H;1-4H;3H,1,4H2,2H3/b;;;;11-7-;;/t;2*7-;;;;/m.10..../s1. The van der Waals surface area contributed by atoms with Crippen molar-refractivity contribution in [1.82, 2.24) is 0 Å². The normalized spacial score (nSPS) is 16.0. The average molecular weight is 1410 g/mol. The zero-order valence-electron chi connectivity index (χ0n) is 50.8. The van der Waals surface area contributed by atoms with Crippen LogP contribution in [0.3, 0.4) is 0 Å². The Morgan fingerprint density at radius 2 is 0.755 bits per heavy atom. The van der Waals surface area contributed by atoms with Crippen LogP contribution in [-0.2, 0) is 52.8 Å². The van der Waals surface area contributed by atoms with Crippen LogP contribution >= 0.6 is 11.6 Å². The topological polar surface area (TPSA) is 301 Å². The summed E-state index contributed by atoms with van der Waals surface area (Å²) in [5.74, 6) is -12.3. The quantitative estimate of drug-likeness (QED) is 0.0133. The molecule has 4 heterocycles. The molecule has 0 saturated heterocycles. The second kappa shape index (κ2) is 39.7. The molecule has 0 saturated carbocycles. The van der Waals surface area contributed by atoms with E-state index in [1.165, 1.54) is 44.6 Å². The van der Waals surface area contributed by atoms with Gasteiger partial charge < -0.3 is 49.4 Å². The van der Waals surface area contributed by atoms with E-state index in [1.54, 1.807) is 0 Å². The van der Waals surface area contributed by atoms with Crippen molar-refractivity contribution in [3.05, 3.63) is 225 Å². The molecule has 4 aliphatic rings. The van der Waals surface area contributed by atoms with Gasteiger partial charge in [-0.1, -0.05) is 43.5 Å². The van der Waals surface area contributed by atoms with Crippen LogP contribution in [0.5, 0.6) is 0 Å². The summed E-state index contributed by atoms with van der Waals surface area (Å²) in [5, 5.41) is 50.6. The largest absolute Gasteiger partial charge is 0.481 e. The molecule has 0 aromatic heterocycles. The predicted octanol–water partition coefficient (Wildman–Crippen LogP) is 12.7. The van der Waals surface area contributed by atoms with Crippen molar-refractivity contribution >= 4 is 75.8 Å². The van der Waals surface area contributed by atoms with E-state index in [0.29, 0.717) is 47.7 Å². The third-order valence-electron chi connectivity index (χ3n) is 12.6. The van der Waals surface area contributed by atoms with Gasteiger partial charge in [0, 0.05) is 84.3 Å². The lowest BCUT2D eigenvalue weighted by Gasteiger charge is -2.05. The van der Waals surface area contributed by atoms with Crippen LogP contribution in [0.15, 0.2) is 148 Å². The van der Waals surface area contributed by atoms with Gasteiger partial charge in [-0.2, -0.15) is 0 Å². The highest BCUT2D eigenvalue weighted by Gasteiger charge is 2.30. The van der Waals surface area contributed by atoms with Gasteiger partial charge in [-0.25, -0.2) is 52.7 Å². The molecule has 4 aliphatic heterocycles. The van der Waals surface area contributed by atoms with Gasteiger partial charge >= 0.3 is 29.8 Å². The lowest BCUT2D eigenvalue weighted by Crippen LogP contribution is -2.15. The van der Waals surface area contributed by atoms with E-state index in [9.17, 15) is 81.5 Å². The van der Waals surface area contributed by atoms with Crippen molar-refractivity contribution in [2.75, 3.05) is 14.2 Å². The number of oxime groups is 5. The predicted molar refractivity (Wildman–Crippen MR) is 322 cm³/mol.